The summed E-state index contributed by atoms with van der Waals surface area (Å²) in [6.07, 6.45) is 2.57. The molecular formula is C12H18ClN3O3. The van der Waals surface area contributed by atoms with Crippen molar-refractivity contribution in [3.63, 3.8) is 0 Å². The Morgan fingerprint density at radius 2 is 2.47 bits per heavy atom. The third-order valence-corrected chi connectivity index (χ3v) is 3.57. The van der Waals surface area contributed by atoms with Gasteiger partial charge in [0.25, 0.3) is 5.56 Å². The molecule has 1 aromatic rings. The molecule has 1 aliphatic rings. The summed E-state index contributed by atoms with van der Waals surface area (Å²) in [6.45, 7) is 3.52. The zero-order chi connectivity index (χ0) is 13.8. The number of nitrogens with one attached hydrogen (secondary N) is 1. The van der Waals surface area contributed by atoms with Crippen LogP contribution in [0.2, 0.25) is 5.02 Å². The first-order valence-corrected chi connectivity index (χ1v) is 6.64. The van der Waals surface area contributed by atoms with Crippen LogP contribution in [0.15, 0.2) is 11.0 Å². The molecule has 19 heavy (non-hydrogen) atoms. The van der Waals surface area contributed by atoms with Crippen molar-refractivity contribution < 1.29 is 9.47 Å². The van der Waals surface area contributed by atoms with Crippen LogP contribution in [-0.4, -0.2) is 42.2 Å². The number of anilines is 1. The Balaban J connectivity index is 2.14. The molecule has 0 amide bonds. The zero-order valence-electron chi connectivity index (χ0n) is 11.1. The Labute approximate surface area is 116 Å². The molecule has 6 nitrogen and oxygen atoms in total. The molecule has 0 aromatic carbocycles. The topological polar surface area (TPSA) is 65.4 Å². The highest BCUT2D eigenvalue weighted by atomic mass is 35.5. The highest BCUT2D eigenvalue weighted by Crippen LogP contribution is 2.22. The maximum absolute atomic E-state index is 12.0. The summed E-state index contributed by atoms with van der Waals surface area (Å²) in [5, 5.41) is 7.46. The molecule has 1 aromatic heterocycles. The maximum Gasteiger partial charge on any atom is 0.287 e. The van der Waals surface area contributed by atoms with E-state index in [4.69, 9.17) is 21.1 Å². The number of aromatic nitrogens is 2. The van der Waals surface area contributed by atoms with Crippen molar-refractivity contribution in [3.05, 3.63) is 21.6 Å². The van der Waals surface area contributed by atoms with Crippen LogP contribution in [0.3, 0.4) is 0 Å². The predicted molar refractivity (Wildman–Crippen MR) is 72.8 cm³/mol. The highest BCUT2D eigenvalue weighted by Gasteiger charge is 2.25. The van der Waals surface area contributed by atoms with Crippen molar-refractivity contribution in [2.24, 2.45) is 0 Å². The Morgan fingerprint density at radius 1 is 1.68 bits per heavy atom. The Bertz CT molecular complexity index is 492. The standard InChI is InChI=1S/C12H18ClN3O3/c1-8-9(3-5-19-8)15-10-7-14-16(4-6-18-2)12(17)11(10)13/h7-9,15H,3-6H2,1-2H3. The average Bonchev–Trinajstić information content (AvgIpc) is 2.80. The van der Waals surface area contributed by atoms with Gasteiger partial charge in [-0.3, -0.25) is 4.79 Å². The van der Waals surface area contributed by atoms with Crippen LogP contribution in [0.25, 0.3) is 0 Å². The van der Waals surface area contributed by atoms with Gasteiger partial charge in [-0.1, -0.05) is 11.6 Å². The van der Waals surface area contributed by atoms with Gasteiger partial charge in [0.15, 0.2) is 0 Å². The fourth-order valence-electron chi connectivity index (χ4n) is 2.02. The largest absolute Gasteiger partial charge is 0.383 e. The summed E-state index contributed by atoms with van der Waals surface area (Å²) in [5.41, 5.74) is 0.248. The monoisotopic (exact) mass is 287 g/mol. The lowest BCUT2D eigenvalue weighted by Crippen LogP contribution is -2.30. The van der Waals surface area contributed by atoms with E-state index in [1.807, 2.05) is 6.92 Å². The average molecular weight is 288 g/mol. The fourth-order valence-corrected chi connectivity index (χ4v) is 2.22. The lowest BCUT2D eigenvalue weighted by atomic mass is 10.1. The number of nitrogens with zero attached hydrogens (tertiary/aromatic N) is 2. The van der Waals surface area contributed by atoms with Crippen LogP contribution in [0.1, 0.15) is 13.3 Å². The van der Waals surface area contributed by atoms with Crippen molar-refractivity contribution in [2.75, 3.05) is 25.6 Å². The number of rotatable bonds is 5. The summed E-state index contributed by atoms with van der Waals surface area (Å²) in [6, 6.07) is 0.161. The van der Waals surface area contributed by atoms with E-state index in [0.29, 0.717) is 18.8 Å². The molecule has 7 heteroatoms. The molecule has 2 rings (SSSR count). The minimum absolute atomic E-state index is 0.104. The van der Waals surface area contributed by atoms with E-state index < -0.39 is 0 Å². The van der Waals surface area contributed by atoms with Crippen LogP contribution < -0.4 is 10.9 Å². The Morgan fingerprint density at radius 3 is 3.11 bits per heavy atom. The molecule has 0 saturated carbocycles. The van der Waals surface area contributed by atoms with E-state index in [1.165, 1.54) is 4.68 Å². The molecule has 1 aliphatic heterocycles. The van der Waals surface area contributed by atoms with Gasteiger partial charge in [0, 0.05) is 13.7 Å². The van der Waals surface area contributed by atoms with Gasteiger partial charge in [0.05, 0.1) is 37.2 Å². The molecule has 1 fully saturated rings. The molecule has 0 spiro atoms. The van der Waals surface area contributed by atoms with Gasteiger partial charge < -0.3 is 14.8 Å². The molecule has 2 heterocycles. The second kappa shape index (κ2) is 6.36. The number of methoxy groups -OCH3 is 1. The fraction of sp³-hybridized carbons (Fsp3) is 0.667. The molecular weight excluding hydrogens is 270 g/mol. The smallest absolute Gasteiger partial charge is 0.287 e. The van der Waals surface area contributed by atoms with Crippen LogP contribution in [0.4, 0.5) is 5.69 Å². The number of ether oxygens (including phenoxy) is 2. The van der Waals surface area contributed by atoms with Crippen molar-refractivity contribution in [1.82, 2.24) is 9.78 Å². The van der Waals surface area contributed by atoms with Crippen molar-refractivity contribution in [2.45, 2.75) is 32.0 Å². The van der Waals surface area contributed by atoms with Gasteiger partial charge in [-0.2, -0.15) is 5.10 Å². The van der Waals surface area contributed by atoms with Gasteiger partial charge in [-0.25, -0.2) is 4.68 Å². The minimum Gasteiger partial charge on any atom is -0.383 e. The molecule has 0 bridgehead atoms. The number of hydrogen-bond acceptors (Lipinski definition) is 5. The van der Waals surface area contributed by atoms with Crippen LogP contribution in [0, 0.1) is 0 Å². The van der Waals surface area contributed by atoms with Crippen molar-refractivity contribution in [3.8, 4) is 0 Å². The molecule has 0 aliphatic carbocycles. The third kappa shape index (κ3) is 3.26. The van der Waals surface area contributed by atoms with Crippen molar-refractivity contribution in [1.29, 1.82) is 0 Å². The van der Waals surface area contributed by atoms with E-state index in [2.05, 4.69) is 10.4 Å². The van der Waals surface area contributed by atoms with Gasteiger partial charge in [-0.05, 0) is 13.3 Å². The van der Waals surface area contributed by atoms with Gasteiger partial charge in [-0.15, -0.1) is 0 Å². The normalized spacial score (nSPS) is 22.7. The van der Waals surface area contributed by atoms with Gasteiger partial charge >= 0.3 is 0 Å². The second-order valence-corrected chi connectivity index (χ2v) is 4.89. The van der Waals surface area contributed by atoms with Gasteiger partial charge in [0.2, 0.25) is 0 Å². The van der Waals surface area contributed by atoms with E-state index in [0.717, 1.165) is 13.0 Å². The van der Waals surface area contributed by atoms with E-state index in [-0.39, 0.29) is 22.7 Å². The van der Waals surface area contributed by atoms with E-state index in [1.54, 1.807) is 13.3 Å². The first kappa shape index (κ1) is 14.3. The van der Waals surface area contributed by atoms with Crippen molar-refractivity contribution >= 4 is 17.3 Å². The lowest BCUT2D eigenvalue weighted by molar-refractivity contribution is 0.121. The van der Waals surface area contributed by atoms with Crippen LogP contribution in [-0.2, 0) is 16.0 Å². The minimum atomic E-state index is -0.310. The molecule has 0 radical (unpaired) electrons. The number of halogens is 1. The van der Waals surface area contributed by atoms with Crippen LogP contribution >= 0.6 is 11.6 Å². The summed E-state index contributed by atoms with van der Waals surface area (Å²) < 4.78 is 11.7. The lowest BCUT2D eigenvalue weighted by Gasteiger charge is -2.18. The molecule has 1 saturated heterocycles. The summed E-state index contributed by atoms with van der Waals surface area (Å²) >= 11 is 6.09. The summed E-state index contributed by atoms with van der Waals surface area (Å²) in [7, 11) is 1.57. The quantitative estimate of drug-likeness (QED) is 0.879. The summed E-state index contributed by atoms with van der Waals surface area (Å²) in [4.78, 5) is 12.0. The van der Waals surface area contributed by atoms with Crippen LogP contribution in [0.5, 0.6) is 0 Å². The molecule has 2 atom stereocenters. The highest BCUT2D eigenvalue weighted by molar-refractivity contribution is 6.32. The second-order valence-electron chi connectivity index (χ2n) is 4.51. The Hall–Kier alpha value is -1.11. The number of hydrogen-bond donors (Lipinski definition) is 1. The zero-order valence-corrected chi connectivity index (χ0v) is 11.8. The summed E-state index contributed by atoms with van der Waals surface area (Å²) in [5.74, 6) is 0. The predicted octanol–water partition coefficient (Wildman–Crippen LogP) is 1.13. The van der Waals surface area contributed by atoms with Gasteiger partial charge in [0.1, 0.15) is 5.02 Å². The molecule has 2 unspecified atom stereocenters. The maximum atomic E-state index is 12.0. The Kier molecular flexibility index (Phi) is 4.79. The third-order valence-electron chi connectivity index (χ3n) is 3.21. The van der Waals surface area contributed by atoms with E-state index in [9.17, 15) is 4.79 Å². The first-order chi connectivity index (χ1) is 9.13. The van der Waals surface area contributed by atoms with E-state index >= 15 is 0 Å². The SMILES string of the molecule is COCCn1ncc(NC2CCOC2C)c(Cl)c1=O. The molecule has 106 valence electrons. The molecule has 1 N–H and O–H groups in total. The first-order valence-electron chi connectivity index (χ1n) is 6.26.